The van der Waals surface area contributed by atoms with Crippen LogP contribution in [-0.4, -0.2) is 0 Å². The van der Waals surface area contributed by atoms with Crippen molar-refractivity contribution in [2.45, 2.75) is 82.6 Å². The molecule has 0 N–H and O–H groups in total. The lowest BCUT2D eigenvalue weighted by atomic mass is 9.04. The molecule has 6 fully saturated rings. The Morgan fingerprint density at radius 2 is 1.15 bits per heavy atom. The van der Waals surface area contributed by atoms with Crippen LogP contribution in [0.5, 0.6) is 0 Å². The number of fused-ring (bicyclic) bond motifs is 6. The minimum Gasteiger partial charge on any atom is -0.0625 e. The van der Waals surface area contributed by atoms with Gasteiger partial charge in [-0.25, -0.2) is 0 Å². The second-order valence-corrected chi connectivity index (χ2v) is 14.0. The molecule has 6 rings (SSSR count). The van der Waals surface area contributed by atoms with Crippen molar-refractivity contribution in [1.29, 1.82) is 0 Å². The fourth-order valence-electron chi connectivity index (χ4n) is 14.1. The minimum absolute atomic E-state index is 0.491. The van der Waals surface area contributed by atoms with Gasteiger partial charge in [0.15, 0.2) is 0 Å². The summed E-state index contributed by atoms with van der Waals surface area (Å²) >= 11 is 0. The zero-order chi connectivity index (χ0) is 19.9. The molecule has 2 bridgehead atoms. The molecule has 6 aliphatic rings. The third-order valence-corrected chi connectivity index (χ3v) is 15.6. The molecule has 27 heavy (non-hydrogen) atoms. The van der Waals surface area contributed by atoms with Gasteiger partial charge in [0.05, 0.1) is 0 Å². The molecule has 0 aromatic heterocycles. The molecule has 0 aliphatic heterocycles. The smallest absolute Gasteiger partial charge is 0.0167 e. The van der Waals surface area contributed by atoms with Crippen LogP contribution in [0.15, 0.2) is 0 Å². The van der Waals surface area contributed by atoms with Crippen LogP contribution in [0.3, 0.4) is 0 Å². The van der Waals surface area contributed by atoms with Gasteiger partial charge in [0, 0.05) is 0 Å². The van der Waals surface area contributed by atoms with Crippen LogP contribution in [-0.2, 0) is 0 Å². The van der Waals surface area contributed by atoms with Crippen molar-refractivity contribution in [3.05, 3.63) is 0 Å². The van der Waals surface area contributed by atoms with Gasteiger partial charge < -0.3 is 0 Å². The topological polar surface area (TPSA) is 0 Å². The van der Waals surface area contributed by atoms with Gasteiger partial charge in [0.25, 0.3) is 0 Å². The van der Waals surface area contributed by atoms with Crippen LogP contribution in [0.2, 0.25) is 0 Å². The minimum atomic E-state index is 0.491. The van der Waals surface area contributed by atoms with Crippen LogP contribution in [0.4, 0.5) is 0 Å². The maximum atomic E-state index is 2.81. The molecule has 0 spiro atoms. The van der Waals surface area contributed by atoms with E-state index in [2.05, 4.69) is 76.2 Å². The molecule has 0 aromatic carbocycles. The van der Waals surface area contributed by atoms with Crippen LogP contribution in [0.25, 0.3) is 0 Å². The number of hydrogen-bond donors (Lipinski definition) is 0. The molecule has 0 amide bonds. The Labute approximate surface area is 168 Å². The zero-order valence-corrected chi connectivity index (χ0v) is 19.9. The van der Waals surface area contributed by atoms with Gasteiger partial charge in [-0.2, -0.15) is 0 Å². The van der Waals surface area contributed by atoms with Crippen molar-refractivity contribution < 1.29 is 0 Å². The Kier molecular flexibility index (Phi) is 2.62. The Morgan fingerprint density at radius 3 is 1.70 bits per heavy atom. The molecule has 0 heteroatoms. The van der Waals surface area contributed by atoms with E-state index >= 15 is 0 Å². The lowest BCUT2D eigenvalue weighted by Gasteiger charge is -2.99. The molecule has 6 saturated carbocycles. The van der Waals surface area contributed by atoms with E-state index in [0.29, 0.717) is 32.5 Å². The SMILES string of the molecule is CC(C)C1C2C3C4CC5C(C)C4(C)C3(C)C2(C)C1(C)C1(C)C(C)C(C)C51C. The van der Waals surface area contributed by atoms with E-state index in [1.807, 2.05) is 0 Å². The Morgan fingerprint density at radius 1 is 0.593 bits per heavy atom. The third-order valence-electron chi connectivity index (χ3n) is 15.6. The highest BCUT2D eigenvalue weighted by Gasteiger charge is 3.00. The quantitative estimate of drug-likeness (QED) is 0.461. The fraction of sp³-hybridized carbons (Fsp3) is 1.00. The second kappa shape index (κ2) is 3.97. The maximum absolute atomic E-state index is 2.81. The van der Waals surface area contributed by atoms with Gasteiger partial charge in [-0.05, 0) is 92.2 Å². The second-order valence-electron chi connectivity index (χ2n) is 14.0. The molecule has 14 atom stereocenters. The zero-order valence-electron chi connectivity index (χ0n) is 19.9. The van der Waals surface area contributed by atoms with E-state index in [9.17, 15) is 0 Å². The monoisotopic (exact) mass is 368 g/mol. The molecule has 6 aliphatic carbocycles. The van der Waals surface area contributed by atoms with Crippen LogP contribution in [0, 0.1) is 85.8 Å². The van der Waals surface area contributed by atoms with E-state index in [1.54, 1.807) is 6.42 Å². The average molecular weight is 369 g/mol. The normalized spacial score (nSPS) is 77.8. The third kappa shape index (κ3) is 1.02. The van der Waals surface area contributed by atoms with Gasteiger partial charge in [-0.1, -0.05) is 76.2 Å². The largest absolute Gasteiger partial charge is 0.0625 e. The first-order valence-electron chi connectivity index (χ1n) is 12.3. The average Bonchev–Trinajstić information content (AvgIpc) is 2.87. The summed E-state index contributed by atoms with van der Waals surface area (Å²) in [7, 11) is 0. The summed E-state index contributed by atoms with van der Waals surface area (Å²) in [6, 6.07) is 0. The van der Waals surface area contributed by atoms with Crippen molar-refractivity contribution in [1.82, 2.24) is 0 Å². The Balaban J connectivity index is 1.69. The predicted molar refractivity (Wildman–Crippen MR) is 113 cm³/mol. The van der Waals surface area contributed by atoms with E-state index in [4.69, 9.17) is 0 Å². The van der Waals surface area contributed by atoms with Gasteiger partial charge >= 0.3 is 0 Å². The summed E-state index contributed by atoms with van der Waals surface area (Å²) in [4.78, 5) is 0. The van der Waals surface area contributed by atoms with Crippen molar-refractivity contribution in [3.63, 3.8) is 0 Å². The molecule has 152 valence electrons. The molecular formula is C27H44. The number of rotatable bonds is 1. The Bertz CT molecular complexity index is 766. The summed E-state index contributed by atoms with van der Waals surface area (Å²) in [5.74, 6) is 8.45. The van der Waals surface area contributed by atoms with Crippen molar-refractivity contribution in [2.75, 3.05) is 0 Å². The van der Waals surface area contributed by atoms with Gasteiger partial charge in [0.1, 0.15) is 0 Å². The molecular weight excluding hydrogens is 324 g/mol. The van der Waals surface area contributed by atoms with Gasteiger partial charge in [-0.15, -0.1) is 0 Å². The summed E-state index contributed by atoms with van der Waals surface area (Å²) in [5.41, 5.74) is 3.26. The summed E-state index contributed by atoms with van der Waals surface area (Å²) < 4.78 is 0. The van der Waals surface area contributed by atoms with Crippen molar-refractivity contribution >= 4 is 0 Å². The van der Waals surface area contributed by atoms with Crippen LogP contribution < -0.4 is 0 Å². The Hall–Kier alpha value is 0. The van der Waals surface area contributed by atoms with E-state index in [-0.39, 0.29) is 0 Å². The van der Waals surface area contributed by atoms with Crippen LogP contribution in [0.1, 0.15) is 82.6 Å². The molecule has 0 radical (unpaired) electrons. The predicted octanol–water partition coefficient (Wildman–Crippen LogP) is 7.14. The van der Waals surface area contributed by atoms with E-state index in [1.165, 1.54) is 0 Å². The summed E-state index contributed by atoms with van der Waals surface area (Å²) in [5, 5.41) is 0. The highest BCUT2D eigenvalue weighted by atomic mass is 15.0. The lowest BCUT2D eigenvalue weighted by molar-refractivity contribution is -0.529. The molecule has 0 nitrogen and oxygen atoms in total. The fourth-order valence-corrected chi connectivity index (χ4v) is 14.1. The van der Waals surface area contributed by atoms with Crippen molar-refractivity contribution in [3.8, 4) is 0 Å². The lowest BCUT2D eigenvalue weighted by Crippen LogP contribution is -2.96. The van der Waals surface area contributed by atoms with Gasteiger partial charge in [0.2, 0.25) is 0 Å². The van der Waals surface area contributed by atoms with E-state index in [0.717, 1.165) is 53.3 Å². The maximum Gasteiger partial charge on any atom is -0.0167 e. The first-order chi connectivity index (χ1) is 12.3. The summed E-state index contributed by atoms with van der Waals surface area (Å²) in [6.45, 7) is 29.7. The van der Waals surface area contributed by atoms with Crippen LogP contribution >= 0.6 is 0 Å². The molecule has 0 aromatic rings. The number of hydrogen-bond acceptors (Lipinski definition) is 0. The molecule has 0 heterocycles. The first-order valence-corrected chi connectivity index (χ1v) is 12.3. The standard InChI is InChI=1S/C27H44/c1-13(2)19-21-20-18-12-17-16(5)23(18,7)25(20,9)27(21,11)26(19,10)24(8)15(4)14(3)22(17,24)6/h13-21H,12H2,1-11H3. The van der Waals surface area contributed by atoms with Crippen molar-refractivity contribution in [2.24, 2.45) is 85.8 Å². The molecule has 0 saturated heterocycles. The first kappa shape index (κ1) is 17.8. The highest BCUT2D eigenvalue weighted by Crippen LogP contribution is 3.04. The van der Waals surface area contributed by atoms with E-state index < -0.39 is 0 Å². The summed E-state index contributed by atoms with van der Waals surface area (Å²) in [6.07, 6.45) is 1.55. The molecule has 14 unspecified atom stereocenters. The highest BCUT2D eigenvalue weighted by molar-refractivity contribution is 5.46. The van der Waals surface area contributed by atoms with Gasteiger partial charge in [-0.3, -0.25) is 0 Å².